The summed E-state index contributed by atoms with van der Waals surface area (Å²) in [5.74, 6) is -2.04. The Balaban J connectivity index is 1.45. The number of hydrogen-bond acceptors (Lipinski definition) is 5. The maximum atomic E-state index is 14.3. The van der Waals surface area contributed by atoms with Gasteiger partial charge >= 0.3 is 24.7 Å². The smallest absolute Gasteiger partial charge is 0.361 e. The van der Waals surface area contributed by atoms with Gasteiger partial charge < -0.3 is 24.2 Å². The van der Waals surface area contributed by atoms with Crippen molar-refractivity contribution in [3.05, 3.63) is 212 Å². The van der Waals surface area contributed by atoms with Crippen molar-refractivity contribution in [1.82, 2.24) is 9.97 Å². The molecule has 416 valence electrons. The minimum atomic E-state index is -4.80. The fraction of sp³-hybridized carbons (Fsp3) is 0.176. The number of aromatic amines is 2. The Morgan fingerprint density at radius 1 is 0.380 bits per heavy atom. The Hall–Kier alpha value is -2.90. The van der Waals surface area contributed by atoms with Crippen LogP contribution < -0.4 is 0 Å². The van der Waals surface area contributed by atoms with Gasteiger partial charge in [-0.1, -0.05) is 48.5 Å². The third-order valence-electron chi connectivity index (χ3n) is 12.5. The first kappa shape index (κ1) is 62.2. The van der Waals surface area contributed by atoms with Crippen molar-refractivity contribution in [3.63, 3.8) is 0 Å². The zero-order chi connectivity index (χ0) is 58.3. The van der Waals surface area contributed by atoms with Crippen LogP contribution in [-0.4, -0.2) is 41.6 Å². The summed E-state index contributed by atoms with van der Waals surface area (Å²) in [4.78, 5) is 16.3. The second kappa shape index (κ2) is 22.9. The van der Waals surface area contributed by atoms with Gasteiger partial charge in [-0.25, -0.2) is 9.98 Å². The number of nitrogens with zero attached hydrogens (tertiary/aromatic N) is 2. The van der Waals surface area contributed by atoms with Gasteiger partial charge in [-0.05, 0) is 209 Å². The van der Waals surface area contributed by atoms with Crippen LogP contribution in [0.25, 0.3) is 11.1 Å². The molecular weight excluding hydrogens is 1660 g/mol. The minimum Gasteiger partial charge on any atom is -0.361 e. The Bertz CT molecular complexity index is 3590. The van der Waals surface area contributed by atoms with Crippen LogP contribution in [0.3, 0.4) is 0 Å². The number of aromatic nitrogens is 2. The van der Waals surface area contributed by atoms with E-state index < -0.39 is 58.3 Å². The number of hydrogen-bond donors (Lipinski definition) is 2. The molecule has 79 heavy (non-hydrogen) atoms. The number of H-pyrrole nitrogens is 2. The molecule has 0 saturated carbocycles. The van der Waals surface area contributed by atoms with Gasteiger partial charge in [-0.3, -0.25) is 0 Å². The lowest BCUT2D eigenvalue weighted by atomic mass is 9.86. The Morgan fingerprint density at radius 3 is 1.01 bits per heavy atom. The summed E-state index contributed by atoms with van der Waals surface area (Å²) in [5.41, 5.74) is -5.02. The van der Waals surface area contributed by atoms with Gasteiger partial charge in [-0.2, -0.15) is 52.7 Å². The summed E-state index contributed by atoms with van der Waals surface area (Å²) < 4.78 is 189. The van der Waals surface area contributed by atoms with E-state index in [1.54, 1.807) is 0 Å². The van der Waals surface area contributed by atoms with Gasteiger partial charge in [0.15, 0.2) is 5.60 Å². The van der Waals surface area contributed by atoms with Crippen molar-refractivity contribution in [2.24, 2.45) is 9.98 Å². The number of nitrogens with one attached hydrogen (secondary N) is 2. The van der Waals surface area contributed by atoms with Gasteiger partial charge in [0.2, 0.25) is 5.79 Å². The van der Waals surface area contributed by atoms with Crippen molar-refractivity contribution >= 4 is 165 Å². The number of methoxy groups -OCH3 is 3. The van der Waals surface area contributed by atoms with Crippen LogP contribution in [0.2, 0.25) is 0 Å². The van der Waals surface area contributed by atoms with E-state index in [1.165, 1.54) is 45.6 Å². The minimum absolute atomic E-state index is 0.0162. The molecule has 4 heterocycles. The lowest BCUT2D eigenvalue weighted by molar-refractivity contribution is -0.160. The normalized spacial score (nSPS) is 17.0. The van der Waals surface area contributed by atoms with Crippen molar-refractivity contribution in [3.8, 4) is 0 Å². The number of benzene rings is 4. The molecule has 0 saturated heterocycles. The highest BCUT2D eigenvalue weighted by molar-refractivity contribution is 9.21. The summed E-state index contributed by atoms with van der Waals surface area (Å²) in [5, 5.41) is 0. The van der Waals surface area contributed by atoms with Crippen molar-refractivity contribution in [2.45, 2.75) is 36.1 Å². The molecule has 6 aromatic rings. The molecule has 2 aliphatic rings. The fourth-order valence-corrected chi connectivity index (χ4v) is 13.3. The first-order valence-corrected chi connectivity index (χ1v) is 28.9. The standard InChI is InChI=1S/C51H27Br9F12N4O3/c1-77-46(22-12-16-26(17-13-22)50(67,68)69,43-35(57)31(53)39(74-43)29(41-33(55)37(59)45(60)76-41)21-6-10-25(11-7-21)49(64,65)66)42-34(56)30(52)38(73-42)28(20-4-8-24(9-5-20)48(61,62)63)40-32(54)36(58)44(75-40)47(78-2,79-3)23-14-18-27(19-15-23)51(70,71)72/h4-19,73-74H,1-3H3/b40-28+,41-29-/t46-/m0/s1. The summed E-state index contributed by atoms with van der Waals surface area (Å²) in [6.07, 6.45) is -19.0. The second-order valence-electron chi connectivity index (χ2n) is 16.8. The number of allylic oxidation sites excluding steroid dienone is 3. The first-order chi connectivity index (χ1) is 36.8. The summed E-state index contributed by atoms with van der Waals surface area (Å²) in [6, 6.07) is 16.1. The second-order valence-corrected chi connectivity index (χ2v) is 23.9. The largest absolute Gasteiger partial charge is 0.416 e. The molecule has 0 spiro atoms. The highest BCUT2D eigenvalue weighted by Crippen LogP contribution is 2.55. The van der Waals surface area contributed by atoms with E-state index in [2.05, 4.69) is 158 Å². The van der Waals surface area contributed by atoms with Gasteiger partial charge in [0.25, 0.3) is 0 Å². The van der Waals surface area contributed by atoms with E-state index in [4.69, 9.17) is 19.2 Å². The number of aliphatic imine (C=N–C) groups is 2. The molecule has 0 fully saturated rings. The molecule has 0 unspecified atom stereocenters. The molecule has 2 aliphatic heterocycles. The van der Waals surface area contributed by atoms with Crippen molar-refractivity contribution in [2.75, 3.05) is 21.3 Å². The summed E-state index contributed by atoms with van der Waals surface area (Å²) in [7, 11) is 3.68. The summed E-state index contributed by atoms with van der Waals surface area (Å²) >= 11 is 32.2. The maximum Gasteiger partial charge on any atom is 0.416 e. The van der Waals surface area contributed by atoms with Crippen LogP contribution in [0.4, 0.5) is 52.7 Å². The molecular formula is C51H27Br9F12N4O3. The number of rotatable bonds is 12. The average molecular weight is 1690 g/mol. The van der Waals surface area contributed by atoms with Crippen LogP contribution in [0, 0.1) is 0 Å². The first-order valence-electron chi connectivity index (χ1n) is 21.7. The predicted molar refractivity (Wildman–Crippen MR) is 306 cm³/mol. The van der Waals surface area contributed by atoms with E-state index in [9.17, 15) is 52.7 Å². The molecule has 2 N–H and O–H groups in total. The molecule has 4 aromatic carbocycles. The Kier molecular flexibility index (Phi) is 18.0. The van der Waals surface area contributed by atoms with Crippen molar-refractivity contribution < 1.29 is 66.9 Å². The average Bonchev–Trinajstić information content (AvgIpc) is 3.75. The lowest BCUT2D eigenvalue weighted by Gasteiger charge is -2.33. The molecule has 0 amide bonds. The third-order valence-corrected chi connectivity index (χ3v) is 22.0. The molecule has 1 atom stereocenters. The van der Waals surface area contributed by atoms with E-state index in [1.807, 2.05) is 0 Å². The fourth-order valence-electron chi connectivity index (χ4n) is 8.70. The van der Waals surface area contributed by atoms with E-state index in [0.717, 1.165) is 72.8 Å². The highest BCUT2D eigenvalue weighted by atomic mass is 79.9. The van der Waals surface area contributed by atoms with Crippen LogP contribution in [-0.2, 0) is 50.3 Å². The van der Waals surface area contributed by atoms with E-state index in [-0.39, 0.29) is 100 Å². The van der Waals surface area contributed by atoms with E-state index in [0.29, 0.717) is 13.6 Å². The van der Waals surface area contributed by atoms with E-state index >= 15 is 0 Å². The molecule has 0 bridgehead atoms. The van der Waals surface area contributed by atoms with Crippen LogP contribution in [0.15, 0.2) is 154 Å². The zero-order valence-electron chi connectivity index (χ0n) is 39.3. The monoisotopic (exact) mass is 1680 g/mol. The summed E-state index contributed by atoms with van der Waals surface area (Å²) in [6.45, 7) is 0. The topological polar surface area (TPSA) is 84.0 Å². The molecule has 2 aromatic heterocycles. The molecule has 28 heteroatoms. The van der Waals surface area contributed by atoms with Crippen LogP contribution in [0.1, 0.15) is 67.3 Å². The van der Waals surface area contributed by atoms with Gasteiger partial charge in [0.05, 0.1) is 92.2 Å². The maximum absolute atomic E-state index is 14.3. The molecule has 0 aliphatic carbocycles. The van der Waals surface area contributed by atoms with Gasteiger partial charge in [0, 0.05) is 38.0 Å². The number of ether oxygens (including phenoxy) is 3. The SMILES string of the molecule is COC(OC)(C1=N/C(=C(\c2ccc(C(F)(F)F)cc2)c2[nH]c([C@@](OC)(c3ccc(C(F)(F)F)cc3)c3[nH]c(/C(=C4\N=C(Br)C(Br)=C4Br)c4ccc(C(F)(F)F)cc4)c(Br)c3Br)c(Br)c2Br)C(Br)=C1Br)c1ccc(C(F)(F)F)cc1. The molecule has 7 nitrogen and oxygen atoms in total. The lowest BCUT2D eigenvalue weighted by Crippen LogP contribution is -2.39. The van der Waals surface area contributed by atoms with Crippen LogP contribution >= 0.6 is 143 Å². The molecule has 8 rings (SSSR count). The third kappa shape index (κ3) is 11.3. The zero-order valence-corrected chi connectivity index (χ0v) is 53.6. The van der Waals surface area contributed by atoms with Crippen LogP contribution in [0.5, 0.6) is 0 Å². The number of halogens is 21. The molecule has 0 radical (unpaired) electrons. The quantitative estimate of drug-likeness (QED) is 0.0946. The van der Waals surface area contributed by atoms with Crippen molar-refractivity contribution in [1.29, 1.82) is 0 Å². The predicted octanol–water partition coefficient (Wildman–Crippen LogP) is 20.3. The van der Waals surface area contributed by atoms with Gasteiger partial charge in [0.1, 0.15) is 10.3 Å². The Morgan fingerprint density at radius 2 is 0.696 bits per heavy atom. The highest BCUT2D eigenvalue weighted by Gasteiger charge is 2.48. The van der Waals surface area contributed by atoms with Gasteiger partial charge in [-0.15, -0.1) is 0 Å². The number of alkyl halides is 12. The Labute approximate surface area is 515 Å².